The maximum Gasteiger partial charge on any atom is 0.410 e. The number of hydrogen-bond donors (Lipinski definition) is 0. The van der Waals surface area contributed by atoms with Gasteiger partial charge < -0.3 is 23.8 Å². The van der Waals surface area contributed by atoms with E-state index >= 15 is 0 Å². The first-order valence-corrected chi connectivity index (χ1v) is 12.3. The smallest absolute Gasteiger partial charge is 0.410 e. The Kier molecular flexibility index (Phi) is 8.15. The molecule has 3 rings (SSSR count). The lowest BCUT2D eigenvalue weighted by molar-refractivity contribution is -0.142. The summed E-state index contributed by atoms with van der Waals surface area (Å²) in [5.41, 5.74) is 0. The van der Waals surface area contributed by atoms with Crippen LogP contribution in [0.25, 0.3) is 0 Å². The first-order chi connectivity index (χ1) is 14.3. The SMILES string of the molecule is COCCOC(=O)N1C[C@H](C)N(C(C)=O)C2CCC(C3CCC(S(=O)[O-])CC3)CC21. The minimum Gasteiger partial charge on any atom is -0.772 e. The molecule has 3 fully saturated rings. The number of methoxy groups -OCH3 is 1. The molecule has 30 heavy (non-hydrogen) atoms. The van der Waals surface area contributed by atoms with Crippen molar-refractivity contribution in [3.63, 3.8) is 0 Å². The summed E-state index contributed by atoms with van der Waals surface area (Å²) in [6.45, 7) is 4.64. The molecule has 2 saturated carbocycles. The van der Waals surface area contributed by atoms with Gasteiger partial charge in [-0.3, -0.25) is 9.00 Å². The van der Waals surface area contributed by atoms with Gasteiger partial charge in [-0.05, 0) is 63.7 Å². The van der Waals surface area contributed by atoms with Crippen molar-refractivity contribution < 1.29 is 27.8 Å². The standard InChI is InChI=1S/C21H36N2O6S/c1-14-13-22(21(25)29-11-10-28-3)20-12-17(6-9-19(20)23(14)15(2)24)16-4-7-18(8-5-16)30(26)27/h14,16-20H,4-13H2,1-3H3,(H,26,27)/p-1/t14-,16?,17?,18?,19?,20?/m0/s1. The van der Waals surface area contributed by atoms with Gasteiger partial charge in [0.05, 0.1) is 18.7 Å². The Morgan fingerprint density at radius 1 is 1.03 bits per heavy atom. The van der Waals surface area contributed by atoms with Gasteiger partial charge in [0.2, 0.25) is 5.91 Å². The summed E-state index contributed by atoms with van der Waals surface area (Å²) in [6.07, 6.45) is 5.70. The van der Waals surface area contributed by atoms with E-state index in [4.69, 9.17) is 9.47 Å². The van der Waals surface area contributed by atoms with Crippen LogP contribution >= 0.6 is 0 Å². The molecule has 2 amide bonds. The molecule has 4 unspecified atom stereocenters. The van der Waals surface area contributed by atoms with Crippen molar-refractivity contribution in [2.24, 2.45) is 11.8 Å². The molecule has 0 bridgehead atoms. The topological polar surface area (TPSA) is 99.2 Å². The Morgan fingerprint density at radius 3 is 2.30 bits per heavy atom. The number of rotatable bonds is 5. The number of nitrogens with zero attached hydrogens (tertiary/aromatic N) is 2. The summed E-state index contributed by atoms with van der Waals surface area (Å²) >= 11 is -1.98. The molecule has 172 valence electrons. The number of carbonyl (C=O) groups is 2. The summed E-state index contributed by atoms with van der Waals surface area (Å²) in [4.78, 5) is 29.0. The van der Waals surface area contributed by atoms with Crippen molar-refractivity contribution in [3.8, 4) is 0 Å². The Morgan fingerprint density at radius 2 is 1.70 bits per heavy atom. The maximum absolute atomic E-state index is 12.8. The van der Waals surface area contributed by atoms with Crippen LogP contribution < -0.4 is 0 Å². The largest absolute Gasteiger partial charge is 0.772 e. The van der Waals surface area contributed by atoms with Gasteiger partial charge in [0.1, 0.15) is 6.61 Å². The van der Waals surface area contributed by atoms with Gasteiger partial charge in [0, 0.05) is 31.9 Å². The van der Waals surface area contributed by atoms with Crippen molar-refractivity contribution in [1.29, 1.82) is 0 Å². The highest BCUT2D eigenvalue weighted by Gasteiger charge is 2.48. The highest BCUT2D eigenvalue weighted by Crippen LogP contribution is 2.43. The Bertz CT molecular complexity index is 639. The Labute approximate surface area is 181 Å². The van der Waals surface area contributed by atoms with Crippen LogP contribution in [0.3, 0.4) is 0 Å². The zero-order valence-corrected chi connectivity index (χ0v) is 19.1. The van der Waals surface area contributed by atoms with Crippen molar-refractivity contribution in [1.82, 2.24) is 9.80 Å². The minimum absolute atomic E-state index is 0.0166. The van der Waals surface area contributed by atoms with E-state index in [0.29, 0.717) is 25.0 Å². The molecular formula is C21H35N2O6S-. The van der Waals surface area contributed by atoms with Gasteiger partial charge in [-0.15, -0.1) is 0 Å². The molecule has 1 saturated heterocycles. The molecule has 3 aliphatic rings. The second-order valence-corrected chi connectivity index (χ2v) is 10.2. The second-order valence-electron chi connectivity index (χ2n) is 9.04. The number of amides is 2. The Balaban J connectivity index is 1.71. The second kappa shape index (κ2) is 10.4. The van der Waals surface area contributed by atoms with Gasteiger partial charge in [-0.25, -0.2) is 4.79 Å². The van der Waals surface area contributed by atoms with E-state index in [-0.39, 0.29) is 42.0 Å². The van der Waals surface area contributed by atoms with Crippen molar-refractivity contribution in [2.45, 2.75) is 82.2 Å². The lowest BCUT2D eigenvalue weighted by Crippen LogP contribution is -2.67. The van der Waals surface area contributed by atoms with Crippen molar-refractivity contribution in [3.05, 3.63) is 0 Å². The van der Waals surface area contributed by atoms with E-state index in [2.05, 4.69) is 0 Å². The average molecular weight is 444 g/mol. The summed E-state index contributed by atoms with van der Waals surface area (Å²) < 4.78 is 33.0. The summed E-state index contributed by atoms with van der Waals surface area (Å²) in [6, 6.07) is -0.0778. The number of fused-ring (bicyclic) bond motifs is 1. The van der Waals surface area contributed by atoms with Crippen LogP contribution in [0, 0.1) is 11.8 Å². The average Bonchev–Trinajstić information content (AvgIpc) is 2.72. The van der Waals surface area contributed by atoms with Crippen LogP contribution in [0.4, 0.5) is 4.79 Å². The zero-order valence-electron chi connectivity index (χ0n) is 18.3. The van der Waals surface area contributed by atoms with Gasteiger partial charge in [-0.2, -0.15) is 0 Å². The van der Waals surface area contributed by atoms with Crippen molar-refractivity contribution in [2.75, 3.05) is 26.9 Å². The summed E-state index contributed by atoms with van der Waals surface area (Å²) in [5, 5.41) is -0.214. The highest BCUT2D eigenvalue weighted by atomic mass is 32.2. The predicted octanol–water partition coefficient (Wildman–Crippen LogP) is 2.30. The van der Waals surface area contributed by atoms with E-state index in [0.717, 1.165) is 44.9 Å². The van der Waals surface area contributed by atoms with E-state index in [1.54, 1.807) is 14.0 Å². The number of piperazine rings is 1. The van der Waals surface area contributed by atoms with E-state index in [1.165, 1.54) is 0 Å². The fraction of sp³-hybridized carbons (Fsp3) is 0.905. The fourth-order valence-electron chi connectivity index (χ4n) is 5.89. The summed E-state index contributed by atoms with van der Waals surface area (Å²) in [5.74, 6) is 0.993. The number of hydrogen-bond acceptors (Lipinski definition) is 6. The number of ether oxygens (including phenoxy) is 2. The minimum atomic E-state index is -1.98. The normalized spacial score (nSPS) is 35.5. The van der Waals surface area contributed by atoms with Crippen LogP contribution in [0.1, 0.15) is 58.8 Å². The lowest BCUT2D eigenvalue weighted by atomic mass is 9.69. The summed E-state index contributed by atoms with van der Waals surface area (Å²) in [7, 11) is 1.57. The maximum atomic E-state index is 12.8. The first kappa shape index (κ1) is 23.5. The van der Waals surface area contributed by atoms with Crippen LogP contribution in [0.15, 0.2) is 0 Å². The monoisotopic (exact) mass is 443 g/mol. The zero-order chi connectivity index (χ0) is 21.8. The van der Waals surface area contributed by atoms with Gasteiger partial charge >= 0.3 is 6.09 Å². The highest BCUT2D eigenvalue weighted by molar-refractivity contribution is 7.79. The molecule has 0 spiro atoms. The Hall–Kier alpha value is -1.19. The van der Waals surface area contributed by atoms with Gasteiger partial charge in [0.25, 0.3) is 0 Å². The van der Waals surface area contributed by atoms with E-state index in [1.807, 2.05) is 16.7 Å². The molecular weight excluding hydrogens is 408 g/mol. The molecule has 0 N–H and O–H groups in total. The van der Waals surface area contributed by atoms with Crippen LogP contribution in [0.5, 0.6) is 0 Å². The van der Waals surface area contributed by atoms with Crippen LogP contribution in [0.2, 0.25) is 0 Å². The third-order valence-corrected chi connectivity index (χ3v) is 8.30. The molecule has 8 nitrogen and oxygen atoms in total. The van der Waals surface area contributed by atoms with Gasteiger partial charge in [-0.1, -0.05) is 11.1 Å². The molecule has 0 aromatic carbocycles. The molecule has 2 aliphatic carbocycles. The number of carbonyl (C=O) groups excluding carboxylic acids is 2. The molecule has 0 radical (unpaired) electrons. The third-order valence-electron chi connectivity index (χ3n) is 7.28. The third kappa shape index (κ3) is 5.16. The molecule has 9 heteroatoms. The first-order valence-electron chi connectivity index (χ1n) is 11.1. The van der Waals surface area contributed by atoms with Gasteiger partial charge in [0.15, 0.2) is 0 Å². The molecule has 1 heterocycles. The molecule has 0 aromatic rings. The quantitative estimate of drug-likeness (QED) is 0.478. The molecule has 1 aliphatic heterocycles. The van der Waals surface area contributed by atoms with Crippen LogP contribution in [-0.2, 0) is 25.3 Å². The molecule has 0 aromatic heterocycles. The van der Waals surface area contributed by atoms with E-state index in [9.17, 15) is 18.4 Å². The van der Waals surface area contributed by atoms with E-state index < -0.39 is 11.1 Å². The molecule has 5 atom stereocenters. The predicted molar refractivity (Wildman–Crippen MR) is 111 cm³/mol. The lowest BCUT2D eigenvalue weighted by Gasteiger charge is -2.54. The fourth-order valence-corrected chi connectivity index (χ4v) is 6.54. The van der Waals surface area contributed by atoms with Crippen molar-refractivity contribution >= 4 is 23.1 Å². The van der Waals surface area contributed by atoms with Crippen LogP contribution in [-0.4, -0.2) is 80.8 Å².